The van der Waals surface area contributed by atoms with Crippen molar-refractivity contribution in [1.29, 1.82) is 0 Å². The summed E-state index contributed by atoms with van der Waals surface area (Å²) in [5, 5.41) is 9.84. The Morgan fingerprint density at radius 2 is 1.79 bits per heavy atom. The molecule has 0 aliphatic carbocycles. The molecule has 0 amide bonds. The van der Waals surface area contributed by atoms with Crippen LogP contribution in [-0.4, -0.2) is 25.0 Å². The first-order valence-corrected chi connectivity index (χ1v) is 4.14. The summed E-state index contributed by atoms with van der Waals surface area (Å²) >= 11 is 0. The normalized spacial score (nSPS) is 14.2. The van der Waals surface area contributed by atoms with Crippen LogP contribution in [0, 0.1) is 0 Å². The summed E-state index contributed by atoms with van der Waals surface area (Å²) < 4.78 is 36.4. The topological polar surface area (TPSA) is 40.1 Å². The van der Waals surface area contributed by atoms with E-state index in [1.807, 2.05) is 0 Å². The number of unbranched alkanes of at least 4 members (excludes halogenated alkanes) is 2. The van der Waals surface area contributed by atoms with Crippen LogP contribution < -0.4 is 34.7 Å². The molecule has 0 aliphatic heterocycles. The number of hydrogen-bond donors (Lipinski definition) is 0. The fraction of sp³-hybridized carbons (Fsp3) is 0.875. The van der Waals surface area contributed by atoms with Gasteiger partial charge in [-0.25, -0.2) is 8.78 Å². The molecule has 0 aromatic heterocycles. The number of carboxylic acid groups (broad SMARTS) is 1. The van der Waals surface area contributed by atoms with E-state index >= 15 is 0 Å². The molecular formula is C8H12F3NaO2. The molecule has 0 rings (SSSR count). The number of carbonyl (C=O) groups excluding carboxylic acids is 1. The molecule has 0 fully saturated rings. The number of alkyl halides is 3. The largest absolute Gasteiger partial charge is 1.00 e. The third-order valence-electron chi connectivity index (χ3n) is 1.66. The minimum Gasteiger partial charge on any atom is -0.547 e. The van der Waals surface area contributed by atoms with Gasteiger partial charge >= 0.3 is 29.6 Å². The van der Waals surface area contributed by atoms with Crippen LogP contribution in [0.3, 0.4) is 0 Å². The van der Waals surface area contributed by atoms with Crippen LogP contribution in [0.1, 0.15) is 25.7 Å². The SMILES string of the molecule is O=C([O-])C(F)C(F)CCCCCF.[Na+]. The third-order valence-corrected chi connectivity index (χ3v) is 1.66. The summed E-state index contributed by atoms with van der Waals surface area (Å²) in [6.45, 7) is -0.490. The van der Waals surface area contributed by atoms with Gasteiger partial charge in [0, 0.05) is 0 Å². The first-order valence-electron chi connectivity index (χ1n) is 4.14. The van der Waals surface area contributed by atoms with Crippen LogP contribution in [0.5, 0.6) is 0 Å². The zero-order valence-corrected chi connectivity index (χ0v) is 10.1. The van der Waals surface area contributed by atoms with Crippen LogP contribution in [0.15, 0.2) is 0 Å². The zero-order valence-electron chi connectivity index (χ0n) is 8.14. The van der Waals surface area contributed by atoms with E-state index in [1.54, 1.807) is 0 Å². The number of hydrogen-bond acceptors (Lipinski definition) is 2. The van der Waals surface area contributed by atoms with Crippen LogP contribution >= 0.6 is 0 Å². The second-order valence-electron chi connectivity index (χ2n) is 2.78. The molecule has 2 atom stereocenters. The van der Waals surface area contributed by atoms with Gasteiger partial charge in [-0.3, -0.25) is 4.39 Å². The summed E-state index contributed by atoms with van der Waals surface area (Å²) in [6.07, 6.45) is -3.77. The third kappa shape index (κ3) is 7.64. The maximum atomic E-state index is 12.6. The predicted molar refractivity (Wildman–Crippen MR) is 39.2 cm³/mol. The van der Waals surface area contributed by atoms with Crippen LogP contribution in [0.25, 0.3) is 0 Å². The fourth-order valence-electron chi connectivity index (χ4n) is 0.905. The Kier molecular flexibility index (Phi) is 11.7. The molecule has 2 unspecified atom stereocenters. The van der Waals surface area contributed by atoms with E-state index in [2.05, 4.69) is 0 Å². The summed E-state index contributed by atoms with van der Waals surface area (Å²) in [7, 11) is 0. The van der Waals surface area contributed by atoms with Crippen LogP contribution in [0.4, 0.5) is 13.2 Å². The molecule has 0 radical (unpaired) electrons. The first-order chi connectivity index (χ1) is 6.09. The Morgan fingerprint density at radius 3 is 2.21 bits per heavy atom. The van der Waals surface area contributed by atoms with Gasteiger partial charge in [0.1, 0.15) is 6.17 Å². The average Bonchev–Trinajstić information content (AvgIpc) is 2.10. The predicted octanol–water partition coefficient (Wildman–Crippen LogP) is -2.05. The number of aliphatic carboxylic acids is 1. The summed E-state index contributed by atoms with van der Waals surface area (Å²) in [5.41, 5.74) is 0. The van der Waals surface area contributed by atoms with Gasteiger partial charge in [-0.2, -0.15) is 0 Å². The second-order valence-corrected chi connectivity index (χ2v) is 2.78. The van der Waals surface area contributed by atoms with Crippen molar-refractivity contribution in [2.24, 2.45) is 0 Å². The van der Waals surface area contributed by atoms with Crippen molar-refractivity contribution in [3.8, 4) is 0 Å². The number of carboxylic acids is 1. The molecule has 0 aliphatic rings. The Balaban J connectivity index is 0. The van der Waals surface area contributed by atoms with Crippen LogP contribution in [-0.2, 0) is 4.79 Å². The quantitative estimate of drug-likeness (QED) is 0.366. The average molecular weight is 220 g/mol. The molecule has 0 spiro atoms. The van der Waals surface area contributed by atoms with Crippen molar-refractivity contribution in [3.05, 3.63) is 0 Å². The number of rotatable bonds is 7. The monoisotopic (exact) mass is 220 g/mol. The zero-order chi connectivity index (χ0) is 10.3. The first kappa shape index (κ1) is 16.7. The van der Waals surface area contributed by atoms with Crippen molar-refractivity contribution in [2.75, 3.05) is 6.67 Å². The maximum Gasteiger partial charge on any atom is 1.00 e. The van der Waals surface area contributed by atoms with Crippen molar-refractivity contribution < 1.29 is 52.6 Å². The van der Waals surface area contributed by atoms with E-state index in [1.165, 1.54) is 0 Å². The van der Waals surface area contributed by atoms with E-state index in [9.17, 15) is 23.1 Å². The molecule has 0 heterocycles. The molecule has 0 aromatic carbocycles. The van der Waals surface area contributed by atoms with E-state index in [-0.39, 0.29) is 36.0 Å². The molecule has 0 bridgehead atoms. The van der Waals surface area contributed by atoms with Crippen molar-refractivity contribution in [2.45, 2.75) is 38.0 Å². The Hall–Kier alpha value is 0.260. The Morgan fingerprint density at radius 1 is 1.21 bits per heavy atom. The van der Waals surface area contributed by atoms with Crippen molar-refractivity contribution >= 4 is 5.97 Å². The van der Waals surface area contributed by atoms with Crippen molar-refractivity contribution in [1.82, 2.24) is 0 Å². The van der Waals surface area contributed by atoms with Gasteiger partial charge in [0.15, 0.2) is 6.17 Å². The smallest absolute Gasteiger partial charge is 0.547 e. The van der Waals surface area contributed by atoms with E-state index < -0.39 is 25.0 Å². The standard InChI is InChI=1S/C8H13F3O2.Na/c9-5-3-1-2-4-6(10)7(11)8(12)13;/h6-7H,1-5H2,(H,12,13);/q;+1/p-1. The maximum absolute atomic E-state index is 12.6. The molecule has 2 nitrogen and oxygen atoms in total. The van der Waals surface area contributed by atoms with Gasteiger partial charge in [0.2, 0.25) is 0 Å². The van der Waals surface area contributed by atoms with E-state index in [4.69, 9.17) is 0 Å². The summed E-state index contributed by atoms with van der Waals surface area (Å²) in [4.78, 5) is 9.84. The molecule has 0 saturated heterocycles. The molecule has 0 aromatic rings. The molecule has 78 valence electrons. The second kappa shape index (κ2) is 9.80. The van der Waals surface area contributed by atoms with Gasteiger partial charge in [-0.1, -0.05) is 12.8 Å². The Bertz CT molecular complexity index is 158. The minimum absolute atomic E-state index is 0. The van der Waals surface area contributed by atoms with Gasteiger partial charge in [0.25, 0.3) is 0 Å². The molecule has 0 N–H and O–H groups in total. The summed E-state index contributed by atoms with van der Waals surface area (Å²) in [5.74, 6) is -2.03. The van der Waals surface area contributed by atoms with Gasteiger partial charge in [-0.15, -0.1) is 0 Å². The van der Waals surface area contributed by atoms with Crippen molar-refractivity contribution in [3.63, 3.8) is 0 Å². The number of halogens is 3. The minimum atomic E-state index is -2.56. The Labute approximate surface area is 103 Å². The molecule has 0 saturated carbocycles. The van der Waals surface area contributed by atoms with Gasteiger partial charge in [-0.05, 0) is 12.8 Å². The number of carbonyl (C=O) groups is 1. The fourth-order valence-corrected chi connectivity index (χ4v) is 0.905. The summed E-state index contributed by atoms with van der Waals surface area (Å²) in [6, 6.07) is 0. The molecular weight excluding hydrogens is 208 g/mol. The molecule has 6 heteroatoms. The van der Waals surface area contributed by atoms with Gasteiger partial charge < -0.3 is 9.90 Å². The van der Waals surface area contributed by atoms with Gasteiger partial charge in [0.05, 0.1) is 12.6 Å². The molecule has 14 heavy (non-hydrogen) atoms. The van der Waals surface area contributed by atoms with Crippen LogP contribution in [0.2, 0.25) is 0 Å². The van der Waals surface area contributed by atoms with E-state index in [0.717, 1.165) is 0 Å². The van der Waals surface area contributed by atoms with E-state index in [0.29, 0.717) is 19.3 Å².